The molecule has 3 aromatic rings. The van der Waals surface area contributed by atoms with E-state index in [2.05, 4.69) is 30.6 Å². The maximum atomic E-state index is 14.0. The highest BCUT2D eigenvalue weighted by Gasteiger charge is 2.40. The highest BCUT2D eigenvalue weighted by Crippen LogP contribution is 2.34. The van der Waals surface area contributed by atoms with Crippen LogP contribution >= 0.6 is 0 Å². The third-order valence-corrected chi connectivity index (χ3v) is 7.31. The third kappa shape index (κ3) is 8.54. The van der Waals surface area contributed by atoms with Crippen molar-refractivity contribution in [2.45, 2.75) is 57.7 Å². The average molecular weight is 642 g/mol. The molecule has 1 aromatic carbocycles. The number of carbonyl (C=O) groups excluding carboxylic acids is 2. The number of aryl methyl sites for hydroxylation is 2. The number of likely N-dealkylation sites (tertiary alicyclic amines) is 1. The van der Waals surface area contributed by atoms with E-state index in [4.69, 9.17) is 0 Å². The number of fused-ring (bicyclic) bond motifs is 1. The van der Waals surface area contributed by atoms with Crippen LogP contribution in [0.15, 0.2) is 36.0 Å². The Hall–Kier alpha value is -4.57. The summed E-state index contributed by atoms with van der Waals surface area (Å²) in [6.07, 6.45) is -5.03. The lowest BCUT2D eigenvalue weighted by atomic mass is 9.90. The van der Waals surface area contributed by atoms with Gasteiger partial charge in [-0.15, -0.1) is 18.3 Å². The summed E-state index contributed by atoms with van der Waals surface area (Å²) in [5, 5.41) is 18.6. The number of benzene rings is 1. The Bertz CT molecular complexity index is 1600. The minimum atomic E-state index is -4.94. The first-order chi connectivity index (χ1) is 21.2. The van der Waals surface area contributed by atoms with Crippen molar-refractivity contribution in [2.24, 2.45) is 5.92 Å². The van der Waals surface area contributed by atoms with E-state index in [0.29, 0.717) is 32.2 Å². The number of rotatable bonds is 11. The second-order valence-corrected chi connectivity index (χ2v) is 10.7. The summed E-state index contributed by atoms with van der Waals surface area (Å²) >= 11 is 0. The summed E-state index contributed by atoms with van der Waals surface area (Å²) in [6, 6.07) is 4.40. The number of alkyl halides is 6. The standard InChI is InChI=1S/C28H26F7N7O3/c29-22-5-4-21(45-28(33,34)35)9-18(22)12-36-26(44)24-15-42(40-39-24)6-2-1-3-20-8-17-7-16(10-23(17)38-37-20)19-13-41(14-19)25(43)11-27(30,31)32/h4-5,7-9,15,19H,1-3,6,10-14H2,(H,36,44). The van der Waals surface area contributed by atoms with Gasteiger partial charge in [0.15, 0.2) is 5.69 Å². The van der Waals surface area contributed by atoms with Crippen LogP contribution in [0.25, 0.3) is 6.08 Å². The van der Waals surface area contributed by atoms with E-state index in [-0.39, 0.29) is 30.3 Å². The monoisotopic (exact) mass is 641 g/mol. The molecule has 10 nitrogen and oxygen atoms in total. The second kappa shape index (κ2) is 12.8. The van der Waals surface area contributed by atoms with E-state index in [1.165, 1.54) is 15.8 Å². The van der Waals surface area contributed by atoms with Crippen LogP contribution in [0.2, 0.25) is 0 Å². The molecule has 1 fully saturated rings. The van der Waals surface area contributed by atoms with Crippen LogP contribution in [0.4, 0.5) is 30.7 Å². The normalized spacial score (nSPS) is 15.0. The fourth-order valence-electron chi connectivity index (χ4n) is 5.01. The molecule has 1 N–H and O–H groups in total. The fraction of sp³-hybridized carbons (Fsp3) is 0.429. The minimum absolute atomic E-state index is 0.000264. The Morgan fingerprint density at radius 2 is 1.80 bits per heavy atom. The van der Waals surface area contributed by atoms with Crippen molar-refractivity contribution in [3.63, 3.8) is 0 Å². The summed E-state index contributed by atoms with van der Waals surface area (Å²) in [5.74, 6) is -3.03. The first kappa shape index (κ1) is 31.8. The first-order valence-corrected chi connectivity index (χ1v) is 13.9. The van der Waals surface area contributed by atoms with Crippen molar-refractivity contribution in [2.75, 3.05) is 13.1 Å². The number of unbranched alkanes of at least 4 members (excludes halogenated alkanes) is 1. The van der Waals surface area contributed by atoms with E-state index >= 15 is 0 Å². The van der Waals surface area contributed by atoms with Crippen LogP contribution in [-0.4, -0.2) is 67.5 Å². The van der Waals surface area contributed by atoms with Gasteiger partial charge in [0.1, 0.15) is 18.0 Å². The molecular weight excluding hydrogens is 615 g/mol. The van der Waals surface area contributed by atoms with Crippen LogP contribution in [-0.2, 0) is 30.7 Å². The largest absolute Gasteiger partial charge is 0.573 e. The Morgan fingerprint density at radius 3 is 2.53 bits per heavy atom. The zero-order valence-electron chi connectivity index (χ0n) is 23.5. The summed E-state index contributed by atoms with van der Waals surface area (Å²) in [6.45, 7) is 0.549. The van der Waals surface area contributed by atoms with Gasteiger partial charge in [-0.05, 0) is 49.1 Å². The van der Waals surface area contributed by atoms with Crippen molar-refractivity contribution < 1.29 is 45.1 Å². The van der Waals surface area contributed by atoms with Crippen molar-refractivity contribution in [1.29, 1.82) is 0 Å². The average Bonchev–Trinajstić information content (AvgIpc) is 3.55. The van der Waals surface area contributed by atoms with E-state index in [9.17, 15) is 40.3 Å². The SMILES string of the molecule is O=C(NCc1cc(OC(F)(F)F)ccc1F)c1cn(CCCCc2cc3c(nn2)CC(C2CN(C(=O)CC(F)(F)F)C2)=C3)nn1. The number of hydrogen-bond acceptors (Lipinski definition) is 7. The van der Waals surface area contributed by atoms with Crippen molar-refractivity contribution >= 4 is 17.9 Å². The van der Waals surface area contributed by atoms with Gasteiger partial charge in [0.2, 0.25) is 5.91 Å². The highest BCUT2D eigenvalue weighted by atomic mass is 19.4. The van der Waals surface area contributed by atoms with Crippen LogP contribution in [0, 0.1) is 11.7 Å². The first-order valence-electron chi connectivity index (χ1n) is 13.9. The molecule has 1 saturated heterocycles. The highest BCUT2D eigenvalue weighted by molar-refractivity contribution is 5.91. The zero-order valence-corrected chi connectivity index (χ0v) is 23.5. The van der Waals surface area contributed by atoms with Gasteiger partial charge in [0.05, 0.1) is 17.6 Å². The summed E-state index contributed by atoms with van der Waals surface area (Å²) in [5.41, 5.74) is 3.22. The maximum absolute atomic E-state index is 14.0. The molecule has 2 amide bonds. The predicted molar refractivity (Wildman–Crippen MR) is 142 cm³/mol. The van der Waals surface area contributed by atoms with Gasteiger partial charge in [-0.25, -0.2) is 4.39 Å². The molecular formula is C28H26F7N7O3. The smallest absolute Gasteiger partial charge is 0.406 e. The third-order valence-electron chi connectivity index (χ3n) is 7.31. The number of halogens is 7. The maximum Gasteiger partial charge on any atom is 0.573 e. The molecule has 2 aromatic heterocycles. The van der Waals surface area contributed by atoms with Crippen LogP contribution in [0.5, 0.6) is 5.75 Å². The molecule has 1 aliphatic carbocycles. The molecule has 5 rings (SSSR count). The number of hydrogen-bond donors (Lipinski definition) is 1. The predicted octanol–water partition coefficient (Wildman–Crippen LogP) is 4.41. The molecule has 0 spiro atoms. The molecule has 3 heterocycles. The summed E-state index contributed by atoms with van der Waals surface area (Å²) in [4.78, 5) is 25.4. The van der Waals surface area contributed by atoms with E-state index in [1.54, 1.807) is 0 Å². The van der Waals surface area contributed by atoms with E-state index in [1.807, 2.05) is 12.1 Å². The number of nitrogens with one attached hydrogen (secondary N) is 1. The number of aromatic nitrogens is 5. The second-order valence-electron chi connectivity index (χ2n) is 10.7. The molecule has 1 aliphatic heterocycles. The lowest BCUT2D eigenvalue weighted by Gasteiger charge is -2.40. The van der Waals surface area contributed by atoms with Gasteiger partial charge < -0.3 is 15.0 Å². The Kier molecular flexibility index (Phi) is 9.06. The van der Waals surface area contributed by atoms with E-state index in [0.717, 1.165) is 40.7 Å². The van der Waals surface area contributed by atoms with Gasteiger partial charge in [0, 0.05) is 44.1 Å². The van der Waals surface area contributed by atoms with Gasteiger partial charge >= 0.3 is 12.5 Å². The molecule has 0 radical (unpaired) electrons. The van der Waals surface area contributed by atoms with Crippen molar-refractivity contribution in [1.82, 2.24) is 35.4 Å². The molecule has 0 bridgehead atoms. The molecule has 17 heteroatoms. The topological polar surface area (TPSA) is 115 Å². The Balaban J connectivity index is 1.04. The molecule has 0 atom stereocenters. The molecule has 2 aliphatic rings. The van der Waals surface area contributed by atoms with Gasteiger partial charge in [-0.1, -0.05) is 16.9 Å². The quantitative estimate of drug-likeness (QED) is 0.244. The van der Waals surface area contributed by atoms with E-state index < -0.39 is 48.9 Å². The van der Waals surface area contributed by atoms with Crippen LogP contribution in [0.3, 0.4) is 0 Å². The van der Waals surface area contributed by atoms with Gasteiger partial charge in [0.25, 0.3) is 5.91 Å². The lowest BCUT2D eigenvalue weighted by molar-refractivity contribution is -0.274. The number of nitrogens with zero attached hydrogens (tertiary/aromatic N) is 6. The fourth-order valence-corrected chi connectivity index (χ4v) is 5.01. The number of carbonyl (C=O) groups is 2. The number of ether oxygens (including phenoxy) is 1. The summed E-state index contributed by atoms with van der Waals surface area (Å²) < 4.78 is 93.9. The Labute approximate surface area is 251 Å². The lowest BCUT2D eigenvalue weighted by Crippen LogP contribution is -2.51. The molecule has 0 saturated carbocycles. The molecule has 45 heavy (non-hydrogen) atoms. The van der Waals surface area contributed by atoms with Gasteiger partial charge in [-0.2, -0.15) is 23.4 Å². The minimum Gasteiger partial charge on any atom is -0.406 e. The Morgan fingerprint density at radius 1 is 1.02 bits per heavy atom. The number of amides is 2. The molecule has 240 valence electrons. The summed E-state index contributed by atoms with van der Waals surface area (Å²) in [7, 11) is 0. The van der Waals surface area contributed by atoms with Crippen LogP contribution in [0.1, 0.15) is 52.3 Å². The van der Waals surface area contributed by atoms with Gasteiger partial charge in [-0.3, -0.25) is 14.3 Å². The van der Waals surface area contributed by atoms with Crippen LogP contribution < -0.4 is 10.1 Å². The zero-order chi connectivity index (χ0) is 32.4. The van der Waals surface area contributed by atoms with Crippen molar-refractivity contribution in [3.8, 4) is 5.75 Å². The van der Waals surface area contributed by atoms with Crippen molar-refractivity contribution in [3.05, 3.63) is 70.1 Å². The molecule has 0 unspecified atom stereocenters.